The Morgan fingerprint density at radius 1 is 1.40 bits per heavy atom. The summed E-state index contributed by atoms with van der Waals surface area (Å²) in [6.07, 6.45) is 4.09. The lowest BCUT2D eigenvalue weighted by molar-refractivity contribution is 0.283. The lowest BCUT2D eigenvalue weighted by Gasteiger charge is -2.20. The quantitative estimate of drug-likeness (QED) is 0.718. The zero-order valence-electron chi connectivity index (χ0n) is 9.82. The fraction of sp³-hybridized carbons (Fsp3) is 0.727. The van der Waals surface area contributed by atoms with E-state index in [0.717, 1.165) is 32.6 Å². The molecule has 0 fully saturated rings. The molecule has 0 unspecified atom stereocenters. The molecular weight excluding hydrogens is 188 g/mol. The van der Waals surface area contributed by atoms with Crippen molar-refractivity contribution < 1.29 is 0 Å². The molecule has 2 N–H and O–H groups in total. The Bertz CT molecular complexity index is 263. The normalized spacial score (nSPS) is 11.2. The van der Waals surface area contributed by atoms with E-state index in [0.29, 0.717) is 0 Å². The van der Waals surface area contributed by atoms with Gasteiger partial charge in [0, 0.05) is 45.0 Å². The van der Waals surface area contributed by atoms with Gasteiger partial charge in [-0.3, -0.25) is 4.68 Å². The van der Waals surface area contributed by atoms with Crippen molar-refractivity contribution >= 4 is 0 Å². The lowest BCUT2D eigenvalue weighted by atomic mass is 10.2. The summed E-state index contributed by atoms with van der Waals surface area (Å²) in [6.45, 7) is 6.14. The van der Waals surface area contributed by atoms with Crippen LogP contribution >= 0.6 is 0 Å². The van der Waals surface area contributed by atoms with Crippen molar-refractivity contribution in [1.29, 1.82) is 0 Å². The molecule has 0 radical (unpaired) electrons. The van der Waals surface area contributed by atoms with Gasteiger partial charge in [-0.1, -0.05) is 6.92 Å². The first-order valence-electron chi connectivity index (χ1n) is 5.67. The summed E-state index contributed by atoms with van der Waals surface area (Å²) in [4.78, 5) is 2.41. The highest BCUT2D eigenvalue weighted by molar-refractivity contribution is 5.00. The van der Waals surface area contributed by atoms with Gasteiger partial charge in [0.25, 0.3) is 0 Å². The summed E-state index contributed by atoms with van der Waals surface area (Å²) in [5.74, 6) is 0. The summed E-state index contributed by atoms with van der Waals surface area (Å²) >= 11 is 0. The van der Waals surface area contributed by atoms with Gasteiger partial charge in [0.05, 0.1) is 0 Å². The minimum absolute atomic E-state index is 0.741. The molecular formula is C11H22N4. The summed E-state index contributed by atoms with van der Waals surface area (Å²) in [5.41, 5.74) is 6.86. The zero-order valence-corrected chi connectivity index (χ0v) is 9.82. The molecule has 4 nitrogen and oxygen atoms in total. The van der Waals surface area contributed by atoms with E-state index < -0.39 is 0 Å². The van der Waals surface area contributed by atoms with E-state index in [1.807, 2.05) is 17.9 Å². The number of aromatic nitrogens is 2. The van der Waals surface area contributed by atoms with E-state index in [1.54, 1.807) is 0 Å². The summed E-state index contributed by atoms with van der Waals surface area (Å²) < 4.78 is 1.94. The lowest BCUT2D eigenvalue weighted by Crippen LogP contribution is -2.32. The van der Waals surface area contributed by atoms with Crippen molar-refractivity contribution in [3.63, 3.8) is 0 Å². The highest BCUT2D eigenvalue weighted by Gasteiger charge is 2.04. The largest absolute Gasteiger partial charge is 0.329 e. The van der Waals surface area contributed by atoms with Crippen molar-refractivity contribution in [3.05, 3.63) is 18.0 Å². The number of aryl methyl sites for hydroxylation is 1. The van der Waals surface area contributed by atoms with Gasteiger partial charge < -0.3 is 10.6 Å². The van der Waals surface area contributed by atoms with Gasteiger partial charge in [-0.25, -0.2) is 0 Å². The van der Waals surface area contributed by atoms with Gasteiger partial charge in [-0.2, -0.15) is 5.10 Å². The first kappa shape index (κ1) is 12.2. The third kappa shape index (κ3) is 4.01. The monoisotopic (exact) mass is 210 g/mol. The number of nitrogens with zero attached hydrogens (tertiary/aromatic N) is 3. The topological polar surface area (TPSA) is 47.1 Å². The van der Waals surface area contributed by atoms with Crippen molar-refractivity contribution in [2.45, 2.75) is 19.8 Å². The summed E-state index contributed by atoms with van der Waals surface area (Å²) in [6, 6.07) is 2.08. The van der Waals surface area contributed by atoms with Crippen molar-refractivity contribution in [2.24, 2.45) is 12.8 Å². The van der Waals surface area contributed by atoms with Crippen molar-refractivity contribution in [2.75, 3.05) is 26.2 Å². The maximum absolute atomic E-state index is 5.58. The molecule has 4 heteroatoms. The Balaban J connectivity index is 2.36. The van der Waals surface area contributed by atoms with Gasteiger partial charge in [-0.15, -0.1) is 0 Å². The van der Waals surface area contributed by atoms with Crippen LogP contribution in [0.5, 0.6) is 0 Å². The maximum Gasteiger partial charge on any atom is 0.0492 e. The maximum atomic E-state index is 5.58. The Morgan fingerprint density at radius 3 is 2.73 bits per heavy atom. The van der Waals surface area contributed by atoms with E-state index in [9.17, 15) is 0 Å². The molecule has 0 saturated carbocycles. The Labute approximate surface area is 92.1 Å². The SMILES string of the molecule is CCCN(CCN)CCc1ccnn1C. The molecule has 1 rings (SSSR count). The molecule has 0 atom stereocenters. The highest BCUT2D eigenvalue weighted by atomic mass is 15.3. The molecule has 0 bridgehead atoms. The fourth-order valence-electron chi connectivity index (χ4n) is 1.75. The van der Waals surface area contributed by atoms with E-state index in [2.05, 4.69) is 23.0 Å². The molecule has 1 heterocycles. The molecule has 1 aromatic rings. The molecule has 0 aliphatic heterocycles. The minimum Gasteiger partial charge on any atom is -0.329 e. The van der Waals surface area contributed by atoms with Crippen LogP contribution in [0.3, 0.4) is 0 Å². The van der Waals surface area contributed by atoms with Gasteiger partial charge in [0.2, 0.25) is 0 Å². The van der Waals surface area contributed by atoms with E-state index >= 15 is 0 Å². The molecule has 86 valence electrons. The van der Waals surface area contributed by atoms with Crippen LogP contribution < -0.4 is 5.73 Å². The van der Waals surface area contributed by atoms with E-state index in [4.69, 9.17) is 5.73 Å². The molecule has 0 aliphatic rings. The fourth-order valence-corrected chi connectivity index (χ4v) is 1.75. The first-order valence-corrected chi connectivity index (χ1v) is 5.67. The highest BCUT2D eigenvalue weighted by Crippen LogP contribution is 2.00. The van der Waals surface area contributed by atoms with Crippen LogP contribution in [0.25, 0.3) is 0 Å². The predicted molar refractivity (Wildman–Crippen MR) is 62.7 cm³/mol. The Morgan fingerprint density at radius 2 is 2.20 bits per heavy atom. The minimum atomic E-state index is 0.741. The third-order valence-corrected chi connectivity index (χ3v) is 2.59. The van der Waals surface area contributed by atoms with Crippen LogP contribution in [0.4, 0.5) is 0 Å². The van der Waals surface area contributed by atoms with E-state index in [1.165, 1.54) is 12.1 Å². The standard InChI is InChI=1S/C11H22N4/c1-3-8-15(10-6-12)9-5-11-4-7-13-14(11)2/h4,7H,3,5-6,8-10,12H2,1-2H3. The van der Waals surface area contributed by atoms with Crippen LogP contribution in [0.1, 0.15) is 19.0 Å². The van der Waals surface area contributed by atoms with Crippen LogP contribution in [-0.4, -0.2) is 40.9 Å². The van der Waals surface area contributed by atoms with Crippen LogP contribution in [0.2, 0.25) is 0 Å². The average Bonchev–Trinajstić information content (AvgIpc) is 2.61. The molecule has 0 spiro atoms. The Hall–Kier alpha value is -0.870. The molecule has 0 aromatic carbocycles. The molecule has 0 aliphatic carbocycles. The number of hydrogen-bond donors (Lipinski definition) is 1. The smallest absolute Gasteiger partial charge is 0.0492 e. The van der Waals surface area contributed by atoms with Crippen molar-refractivity contribution in [3.8, 4) is 0 Å². The van der Waals surface area contributed by atoms with Gasteiger partial charge >= 0.3 is 0 Å². The van der Waals surface area contributed by atoms with Crippen LogP contribution in [0, 0.1) is 0 Å². The van der Waals surface area contributed by atoms with Gasteiger partial charge in [-0.05, 0) is 19.0 Å². The molecule has 1 aromatic heterocycles. The second-order valence-corrected chi connectivity index (χ2v) is 3.83. The third-order valence-electron chi connectivity index (χ3n) is 2.59. The second kappa shape index (κ2) is 6.58. The average molecular weight is 210 g/mol. The molecule has 0 saturated heterocycles. The van der Waals surface area contributed by atoms with Crippen LogP contribution in [-0.2, 0) is 13.5 Å². The summed E-state index contributed by atoms with van der Waals surface area (Å²) in [5, 5.41) is 4.16. The second-order valence-electron chi connectivity index (χ2n) is 3.83. The van der Waals surface area contributed by atoms with Gasteiger partial charge in [0.1, 0.15) is 0 Å². The van der Waals surface area contributed by atoms with Gasteiger partial charge in [0.15, 0.2) is 0 Å². The van der Waals surface area contributed by atoms with Crippen molar-refractivity contribution in [1.82, 2.24) is 14.7 Å². The van der Waals surface area contributed by atoms with E-state index in [-0.39, 0.29) is 0 Å². The number of rotatable bonds is 7. The summed E-state index contributed by atoms with van der Waals surface area (Å²) in [7, 11) is 1.99. The predicted octanol–water partition coefficient (Wildman–Crippen LogP) is 0.633. The van der Waals surface area contributed by atoms with Crippen LogP contribution in [0.15, 0.2) is 12.3 Å². The number of nitrogens with two attached hydrogens (primary N) is 1. The molecule has 0 amide bonds. The number of hydrogen-bond acceptors (Lipinski definition) is 3. The first-order chi connectivity index (χ1) is 7.27. The molecule has 15 heavy (non-hydrogen) atoms. The Kier molecular flexibility index (Phi) is 5.36. The zero-order chi connectivity index (χ0) is 11.1.